The zero-order valence-electron chi connectivity index (χ0n) is 14.1. The van der Waals surface area contributed by atoms with Crippen LogP contribution in [0.5, 0.6) is 5.75 Å². The largest absolute Gasteiger partial charge is 0.493 e. The highest BCUT2D eigenvalue weighted by molar-refractivity contribution is 6.01. The van der Waals surface area contributed by atoms with E-state index >= 15 is 0 Å². The monoisotopic (exact) mass is 327 g/mol. The first-order valence-electron chi connectivity index (χ1n) is 7.68. The summed E-state index contributed by atoms with van der Waals surface area (Å²) in [6.45, 7) is 4.25. The van der Waals surface area contributed by atoms with Crippen molar-refractivity contribution in [1.82, 2.24) is 0 Å². The topological polar surface area (TPSA) is 64.6 Å². The molecule has 0 aliphatic heterocycles. The summed E-state index contributed by atoms with van der Waals surface area (Å²) in [5, 5.41) is 2.72. The standard InChI is InChI=1S/C19H21NO4/c1-13-10-14(2)12-15(11-13)24-9-8-18(21)20-17-7-5-4-6-16(17)19(22)23-3/h4-7,10-12H,8-9H2,1-3H3,(H,20,21). The number of amides is 1. The fraction of sp³-hybridized carbons (Fsp3) is 0.263. The van der Waals surface area contributed by atoms with E-state index < -0.39 is 5.97 Å². The molecule has 0 atom stereocenters. The van der Waals surface area contributed by atoms with Gasteiger partial charge in [-0.3, -0.25) is 4.79 Å². The number of hydrogen-bond acceptors (Lipinski definition) is 4. The fourth-order valence-electron chi connectivity index (χ4n) is 2.37. The van der Waals surface area contributed by atoms with E-state index in [0.717, 1.165) is 16.9 Å². The molecule has 1 amide bonds. The molecule has 0 aliphatic rings. The van der Waals surface area contributed by atoms with Gasteiger partial charge in [-0.15, -0.1) is 0 Å². The van der Waals surface area contributed by atoms with Crippen LogP contribution in [0.2, 0.25) is 0 Å². The number of aryl methyl sites for hydroxylation is 2. The lowest BCUT2D eigenvalue weighted by atomic mass is 10.1. The van der Waals surface area contributed by atoms with Crippen LogP contribution < -0.4 is 10.1 Å². The molecule has 126 valence electrons. The first kappa shape index (κ1) is 17.5. The van der Waals surface area contributed by atoms with Gasteiger partial charge in [0.1, 0.15) is 5.75 Å². The van der Waals surface area contributed by atoms with Crippen LogP contribution in [0.4, 0.5) is 5.69 Å². The number of esters is 1. The molecule has 5 nitrogen and oxygen atoms in total. The molecular weight excluding hydrogens is 306 g/mol. The highest BCUT2D eigenvalue weighted by Crippen LogP contribution is 2.18. The number of benzene rings is 2. The first-order chi connectivity index (χ1) is 11.5. The molecule has 0 fully saturated rings. The Balaban J connectivity index is 1.91. The van der Waals surface area contributed by atoms with Crippen LogP contribution in [0.1, 0.15) is 27.9 Å². The Labute approximate surface area is 141 Å². The molecular formula is C19H21NO4. The summed E-state index contributed by atoms with van der Waals surface area (Å²) >= 11 is 0. The van der Waals surface area contributed by atoms with E-state index in [1.54, 1.807) is 24.3 Å². The Kier molecular flexibility index (Phi) is 5.95. The summed E-state index contributed by atoms with van der Waals surface area (Å²) in [5.74, 6) is 0.0309. The van der Waals surface area contributed by atoms with E-state index in [9.17, 15) is 9.59 Å². The zero-order chi connectivity index (χ0) is 17.5. The summed E-state index contributed by atoms with van der Waals surface area (Å²) in [7, 11) is 1.30. The lowest BCUT2D eigenvalue weighted by Crippen LogP contribution is -2.17. The molecule has 1 N–H and O–H groups in total. The van der Waals surface area contributed by atoms with Crippen LogP contribution in [-0.2, 0) is 9.53 Å². The van der Waals surface area contributed by atoms with Crippen LogP contribution >= 0.6 is 0 Å². The van der Waals surface area contributed by atoms with E-state index in [4.69, 9.17) is 9.47 Å². The van der Waals surface area contributed by atoms with Gasteiger partial charge in [0.15, 0.2) is 0 Å². The number of hydrogen-bond donors (Lipinski definition) is 1. The molecule has 0 spiro atoms. The molecule has 0 radical (unpaired) electrons. The molecule has 2 rings (SSSR count). The molecule has 0 aliphatic carbocycles. The van der Waals surface area contributed by atoms with Gasteiger partial charge in [0.25, 0.3) is 0 Å². The quantitative estimate of drug-likeness (QED) is 0.825. The second-order valence-corrected chi connectivity index (χ2v) is 5.51. The van der Waals surface area contributed by atoms with Gasteiger partial charge in [0.05, 0.1) is 31.4 Å². The minimum absolute atomic E-state index is 0.183. The number of para-hydroxylation sites is 1. The van der Waals surface area contributed by atoms with Gasteiger partial charge in [-0.2, -0.15) is 0 Å². The number of nitrogens with one attached hydrogen (secondary N) is 1. The highest BCUT2D eigenvalue weighted by atomic mass is 16.5. The number of methoxy groups -OCH3 is 1. The summed E-state index contributed by atoms with van der Waals surface area (Å²) in [5.41, 5.74) is 2.98. The van der Waals surface area contributed by atoms with E-state index in [1.807, 2.05) is 26.0 Å². The maximum absolute atomic E-state index is 12.1. The van der Waals surface area contributed by atoms with Gasteiger partial charge < -0.3 is 14.8 Å². The number of anilines is 1. The third-order valence-corrected chi connectivity index (χ3v) is 3.40. The van der Waals surface area contributed by atoms with E-state index in [2.05, 4.69) is 11.4 Å². The second kappa shape index (κ2) is 8.15. The average Bonchev–Trinajstić information content (AvgIpc) is 2.53. The molecule has 0 heterocycles. The van der Waals surface area contributed by atoms with Gasteiger partial charge in [0, 0.05) is 0 Å². The van der Waals surface area contributed by atoms with Gasteiger partial charge in [-0.1, -0.05) is 18.2 Å². The van der Waals surface area contributed by atoms with Gasteiger partial charge >= 0.3 is 5.97 Å². The van der Waals surface area contributed by atoms with Crippen LogP contribution in [-0.4, -0.2) is 25.6 Å². The predicted octanol–water partition coefficient (Wildman–Crippen LogP) is 3.50. The van der Waals surface area contributed by atoms with Gasteiger partial charge in [-0.25, -0.2) is 4.79 Å². The molecule has 2 aromatic carbocycles. The average molecular weight is 327 g/mol. The minimum atomic E-state index is -0.489. The van der Waals surface area contributed by atoms with Gasteiger partial charge in [-0.05, 0) is 49.2 Å². The number of carbonyl (C=O) groups is 2. The van der Waals surface area contributed by atoms with Crippen molar-refractivity contribution >= 4 is 17.6 Å². The minimum Gasteiger partial charge on any atom is -0.493 e. The fourth-order valence-corrected chi connectivity index (χ4v) is 2.37. The van der Waals surface area contributed by atoms with Crippen molar-refractivity contribution in [1.29, 1.82) is 0 Å². The van der Waals surface area contributed by atoms with E-state index in [1.165, 1.54) is 7.11 Å². The van der Waals surface area contributed by atoms with Crippen LogP contribution in [0, 0.1) is 13.8 Å². The third-order valence-electron chi connectivity index (χ3n) is 3.40. The van der Waals surface area contributed by atoms with Crippen LogP contribution in [0.3, 0.4) is 0 Å². The smallest absolute Gasteiger partial charge is 0.339 e. The number of carbonyl (C=O) groups excluding carboxylic acids is 2. The molecule has 0 saturated heterocycles. The molecule has 24 heavy (non-hydrogen) atoms. The maximum atomic E-state index is 12.1. The Bertz CT molecular complexity index is 720. The summed E-state index contributed by atoms with van der Waals surface area (Å²) < 4.78 is 10.3. The van der Waals surface area contributed by atoms with Crippen molar-refractivity contribution in [2.24, 2.45) is 0 Å². The van der Waals surface area contributed by atoms with Crippen molar-refractivity contribution in [3.8, 4) is 5.75 Å². The van der Waals surface area contributed by atoms with Crippen LogP contribution in [0.15, 0.2) is 42.5 Å². The normalized spacial score (nSPS) is 10.1. The molecule has 0 unspecified atom stereocenters. The molecule has 2 aromatic rings. The predicted molar refractivity (Wildman–Crippen MR) is 92.4 cm³/mol. The lowest BCUT2D eigenvalue weighted by Gasteiger charge is -2.11. The Morgan fingerprint density at radius 3 is 2.38 bits per heavy atom. The number of ether oxygens (including phenoxy) is 2. The Morgan fingerprint density at radius 1 is 1.04 bits per heavy atom. The first-order valence-corrected chi connectivity index (χ1v) is 7.68. The zero-order valence-corrected chi connectivity index (χ0v) is 14.1. The van der Waals surface area contributed by atoms with Crippen molar-refractivity contribution in [3.63, 3.8) is 0 Å². The maximum Gasteiger partial charge on any atom is 0.339 e. The van der Waals surface area contributed by atoms with Crippen molar-refractivity contribution in [2.75, 3.05) is 19.0 Å². The van der Waals surface area contributed by atoms with Gasteiger partial charge in [0.2, 0.25) is 5.91 Å². The molecule has 0 aromatic heterocycles. The molecule has 5 heteroatoms. The van der Waals surface area contributed by atoms with E-state index in [0.29, 0.717) is 11.3 Å². The summed E-state index contributed by atoms with van der Waals surface area (Å²) in [6.07, 6.45) is 0.183. The Hall–Kier alpha value is -2.82. The Morgan fingerprint density at radius 2 is 1.71 bits per heavy atom. The summed E-state index contributed by atoms with van der Waals surface area (Å²) in [6, 6.07) is 12.6. The van der Waals surface area contributed by atoms with Crippen LogP contribution in [0.25, 0.3) is 0 Å². The van der Waals surface area contributed by atoms with Crippen molar-refractivity contribution in [2.45, 2.75) is 20.3 Å². The molecule has 0 bridgehead atoms. The van der Waals surface area contributed by atoms with Crippen molar-refractivity contribution in [3.05, 3.63) is 59.2 Å². The highest BCUT2D eigenvalue weighted by Gasteiger charge is 2.13. The SMILES string of the molecule is COC(=O)c1ccccc1NC(=O)CCOc1cc(C)cc(C)c1. The van der Waals surface area contributed by atoms with Crippen molar-refractivity contribution < 1.29 is 19.1 Å². The second-order valence-electron chi connectivity index (χ2n) is 5.51. The molecule has 0 saturated carbocycles. The number of rotatable bonds is 6. The third kappa shape index (κ3) is 4.84. The summed E-state index contributed by atoms with van der Waals surface area (Å²) in [4.78, 5) is 23.7. The van der Waals surface area contributed by atoms with E-state index in [-0.39, 0.29) is 18.9 Å². The lowest BCUT2D eigenvalue weighted by molar-refractivity contribution is -0.116.